The Kier molecular flexibility index (Phi) is 2.40. The molecule has 82 valence electrons. The second-order valence-corrected chi connectivity index (χ2v) is 3.45. The summed E-state index contributed by atoms with van der Waals surface area (Å²) in [5.74, 6) is 0.197. The average molecular weight is 219 g/mol. The maximum Gasteiger partial charge on any atom is 0.270 e. The number of hydrogen-bond acceptors (Lipinski definition) is 4. The highest BCUT2D eigenvalue weighted by molar-refractivity contribution is 6.13. The van der Waals surface area contributed by atoms with Gasteiger partial charge in [-0.3, -0.25) is 19.9 Å². The molecule has 1 amide bonds. The van der Waals surface area contributed by atoms with Gasteiger partial charge >= 0.3 is 0 Å². The minimum atomic E-state index is -0.482. The summed E-state index contributed by atoms with van der Waals surface area (Å²) >= 11 is 0. The van der Waals surface area contributed by atoms with Crippen LogP contribution in [-0.2, 0) is 4.79 Å². The van der Waals surface area contributed by atoms with Crippen LogP contribution in [0.1, 0.15) is 12.5 Å². The molecule has 1 unspecified atom stereocenters. The fraction of sp³-hybridized carbons (Fsp3) is 0.200. The molecule has 6 nitrogen and oxygen atoms in total. The molecule has 1 aliphatic rings. The first-order chi connectivity index (χ1) is 7.58. The molecule has 0 aromatic heterocycles. The van der Waals surface area contributed by atoms with Crippen molar-refractivity contribution in [3.8, 4) is 0 Å². The van der Waals surface area contributed by atoms with E-state index < -0.39 is 11.0 Å². The lowest BCUT2D eigenvalue weighted by molar-refractivity contribution is -0.384. The normalized spacial score (nSPS) is 19.2. The fourth-order valence-electron chi connectivity index (χ4n) is 1.42. The largest absolute Gasteiger partial charge is 0.309 e. The van der Waals surface area contributed by atoms with Crippen LogP contribution in [0.4, 0.5) is 5.69 Å². The number of carbonyl (C=O) groups excluding carboxylic acids is 1. The van der Waals surface area contributed by atoms with E-state index in [0.29, 0.717) is 11.4 Å². The lowest BCUT2D eigenvalue weighted by Gasteiger charge is -2.00. The molecule has 0 fully saturated rings. The van der Waals surface area contributed by atoms with Crippen molar-refractivity contribution in [2.45, 2.75) is 13.0 Å². The van der Waals surface area contributed by atoms with Crippen LogP contribution < -0.4 is 5.32 Å². The molecular weight excluding hydrogens is 210 g/mol. The molecule has 1 aliphatic heterocycles. The summed E-state index contributed by atoms with van der Waals surface area (Å²) < 4.78 is 0. The second kappa shape index (κ2) is 3.73. The van der Waals surface area contributed by atoms with Crippen molar-refractivity contribution in [1.82, 2.24) is 5.32 Å². The highest BCUT2D eigenvalue weighted by Gasteiger charge is 2.23. The number of non-ortho nitro benzene ring substituents is 1. The molecular formula is C10H9N3O3. The standard InChI is InChI=1S/C10H9N3O3/c1-6-10(14)12-9(11-6)7-3-2-4-8(5-7)13(15)16/h2-6H,1H3,(H,11,12,14). The summed E-state index contributed by atoms with van der Waals surface area (Å²) in [6, 6.07) is 5.57. The Morgan fingerprint density at radius 1 is 1.50 bits per heavy atom. The Labute approximate surface area is 91.1 Å². The fourth-order valence-corrected chi connectivity index (χ4v) is 1.42. The average Bonchev–Trinajstić information content (AvgIpc) is 2.59. The third kappa shape index (κ3) is 1.77. The number of hydrogen-bond donors (Lipinski definition) is 1. The molecule has 0 aliphatic carbocycles. The number of nitrogens with one attached hydrogen (secondary N) is 1. The highest BCUT2D eigenvalue weighted by Crippen LogP contribution is 2.15. The minimum Gasteiger partial charge on any atom is -0.309 e. The van der Waals surface area contributed by atoms with Gasteiger partial charge in [0.25, 0.3) is 5.69 Å². The van der Waals surface area contributed by atoms with Crippen LogP contribution in [0.15, 0.2) is 29.3 Å². The lowest BCUT2D eigenvalue weighted by Crippen LogP contribution is -2.27. The van der Waals surface area contributed by atoms with Crippen molar-refractivity contribution in [2.24, 2.45) is 4.99 Å². The van der Waals surface area contributed by atoms with Crippen molar-refractivity contribution in [3.05, 3.63) is 39.9 Å². The Bertz CT molecular complexity index is 496. The van der Waals surface area contributed by atoms with Gasteiger partial charge in [-0.1, -0.05) is 12.1 Å². The molecule has 0 bridgehead atoms. The number of nitrogens with zero attached hydrogens (tertiary/aromatic N) is 2. The molecule has 16 heavy (non-hydrogen) atoms. The van der Waals surface area contributed by atoms with Gasteiger partial charge in [-0.2, -0.15) is 0 Å². The number of benzene rings is 1. The van der Waals surface area contributed by atoms with E-state index in [9.17, 15) is 14.9 Å². The van der Waals surface area contributed by atoms with Gasteiger partial charge in [-0.25, -0.2) is 0 Å². The van der Waals surface area contributed by atoms with E-state index in [4.69, 9.17) is 0 Å². The molecule has 0 saturated carbocycles. The molecule has 2 rings (SSSR count). The molecule has 0 saturated heterocycles. The van der Waals surface area contributed by atoms with E-state index in [0.717, 1.165) is 0 Å². The Hall–Kier alpha value is -2.24. The quantitative estimate of drug-likeness (QED) is 0.591. The predicted molar refractivity (Wildman–Crippen MR) is 57.2 cm³/mol. The predicted octanol–water partition coefficient (Wildman–Crippen LogP) is 0.860. The van der Waals surface area contributed by atoms with Crippen LogP contribution in [-0.4, -0.2) is 22.7 Å². The Balaban J connectivity index is 2.35. The van der Waals surface area contributed by atoms with Crippen LogP contribution in [0.3, 0.4) is 0 Å². The third-order valence-corrected chi connectivity index (χ3v) is 2.27. The summed E-state index contributed by atoms with van der Waals surface area (Å²) in [4.78, 5) is 25.4. The first-order valence-corrected chi connectivity index (χ1v) is 4.71. The van der Waals surface area contributed by atoms with Crippen LogP contribution in [0.2, 0.25) is 0 Å². The number of amidine groups is 1. The number of amides is 1. The van der Waals surface area contributed by atoms with Crippen LogP contribution in [0.25, 0.3) is 0 Å². The first-order valence-electron chi connectivity index (χ1n) is 4.71. The van der Waals surface area contributed by atoms with Gasteiger partial charge in [0.1, 0.15) is 11.9 Å². The molecule has 1 N–H and O–H groups in total. The Morgan fingerprint density at radius 3 is 2.81 bits per heavy atom. The zero-order valence-corrected chi connectivity index (χ0v) is 8.51. The minimum absolute atomic E-state index is 0.0194. The number of carbonyl (C=O) groups is 1. The molecule has 6 heteroatoms. The van der Waals surface area contributed by atoms with Crippen molar-refractivity contribution in [1.29, 1.82) is 0 Å². The van der Waals surface area contributed by atoms with E-state index in [1.54, 1.807) is 19.1 Å². The van der Waals surface area contributed by atoms with Gasteiger partial charge in [0, 0.05) is 17.7 Å². The molecule has 1 aromatic carbocycles. The van der Waals surface area contributed by atoms with Crippen molar-refractivity contribution < 1.29 is 9.72 Å². The van der Waals surface area contributed by atoms with E-state index in [2.05, 4.69) is 10.3 Å². The molecule has 0 radical (unpaired) electrons. The smallest absolute Gasteiger partial charge is 0.270 e. The third-order valence-electron chi connectivity index (χ3n) is 2.27. The van der Waals surface area contributed by atoms with Crippen molar-refractivity contribution in [3.63, 3.8) is 0 Å². The highest BCUT2D eigenvalue weighted by atomic mass is 16.6. The summed E-state index contributed by atoms with van der Waals surface area (Å²) in [5, 5.41) is 13.1. The number of rotatable bonds is 2. The van der Waals surface area contributed by atoms with E-state index in [-0.39, 0.29) is 11.6 Å². The second-order valence-electron chi connectivity index (χ2n) is 3.45. The summed E-state index contributed by atoms with van der Waals surface area (Å²) in [6.07, 6.45) is 0. The zero-order valence-electron chi connectivity index (χ0n) is 8.51. The zero-order chi connectivity index (χ0) is 11.7. The maximum absolute atomic E-state index is 11.2. The van der Waals surface area contributed by atoms with E-state index >= 15 is 0 Å². The summed E-state index contributed by atoms with van der Waals surface area (Å²) in [6.45, 7) is 1.67. The molecule has 1 atom stereocenters. The summed E-state index contributed by atoms with van der Waals surface area (Å²) in [7, 11) is 0. The van der Waals surface area contributed by atoms with Gasteiger partial charge in [0.05, 0.1) is 4.92 Å². The van der Waals surface area contributed by atoms with Gasteiger partial charge < -0.3 is 5.32 Å². The number of nitro groups is 1. The molecule has 0 spiro atoms. The maximum atomic E-state index is 11.2. The Morgan fingerprint density at radius 2 is 2.25 bits per heavy atom. The van der Waals surface area contributed by atoms with Gasteiger partial charge in [0.2, 0.25) is 5.91 Å². The van der Waals surface area contributed by atoms with Gasteiger partial charge in [0.15, 0.2) is 0 Å². The van der Waals surface area contributed by atoms with Gasteiger partial charge in [-0.05, 0) is 6.92 Å². The van der Waals surface area contributed by atoms with E-state index in [1.807, 2.05) is 0 Å². The monoisotopic (exact) mass is 219 g/mol. The van der Waals surface area contributed by atoms with Crippen molar-refractivity contribution >= 4 is 17.4 Å². The van der Waals surface area contributed by atoms with Crippen LogP contribution in [0.5, 0.6) is 0 Å². The topological polar surface area (TPSA) is 84.6 Å². The SMILES string of the molecule is CC1N=C(c2cccc([N+](=O)[O-])c2)NC1=O. The van der Waals surface area contributed by atoms with Gasteiger partial charge in [-0.15, -0.1) is 0 Å². The van der Waals surface area contributed by atoms with Crippen LogP contribution >= 0.6 is 0 Å². The molecule has 1 aromatic rings. The summed E-state index contributed by atoms with van der Waals surface area (Å²) in [5.41, 5.74) is 0.529. The lowest BCUT2D eigenvalue weighted by atomic mass is 10.2. The van der Waals surface area contributed by atoms with Crippen molar-refractivity contribution in [2.75, 3.05) is 0 Å². The van der Waals surface area contributed by atoms with Crippen LogP contribution in [0, 0.1) is 10.1 Å². The van der Waals surface area contributed by atoms with E-state index in [1.165, 1.54) is 12.1 Å². The number of nitro benzene ring substituents is 1. The first kappa shape index (κ1) is 10.3. The molecule has 1 heterocycles. The number of aliphatic imine (C=N–C) groups is 1.